The van der Waals surface area contributed by atoms with E-state index in [4.69, 9.17) is 9.47 Å². The van der Waals surface area contributed by atoms with Crippen LogP contribution in [0.5, 0.6) is 0 Å². The van der Waals surface area contributed by atoms with Crippen LogP contribution >= 0.6 is 0 Å². The summed E-state index contributed by atoms with van der Waals surface area (Å²) in [6.45, 7) is 5.07. The number of carboxylic acids is 1. The summed E-state index contributed by atoms with van der Waals surface area (Å²) in [4.78, 5) is 12.1. The normalized spacial score (nSPS) is 19.5. The largest absolute Gasteiger partial charge is 0.481 e. The van der Waals surface area contributed by atoms with Crippen LogP contribution < -0.4 is 0 Å². The molecule has 0 aliphatic carbocycles. The number of aliphatic carboxylic acids is 1. The minimum atomic E-state index is -0.808. The van der Waals surface area contributed by atoms with Crippen molar-refractivity contribution in [2.45, 2.75) is 154 Å². The minimum absolute atomic E-state index is 0.328. The lowest BCUT2D eigenvalue weighted by molar-refractivity contribution is -0.207. The molecule has 0 aromatic heterocycles. The molecule has 190 valence electrons. The summed E-state index contributed by atoms with van der Waals surface area (Å²) in [5.74, 6) is -1.38. The van der Waals surface area contributed by atoms with Crippen molar-refractivity contribution in [2.75, 3.05) is 6.61 Å². The number of carbonyl (C=O) groups is 1. The maximum absolute atomic E-state index is 12.1. The van der Waals surface area contributed by atoms with E-state index in [0.717, 1.165) is 64.2 Å². The highest BCUT2D eigenvalue weighted by Gasteiger charge is 2.33. The number of aliphatic hydroxyl groups is 1. The fraction of sp³-hybridized carbons (Fsp3) is 0.963. The molecule has 2 N–H and O–H groups in total. The van der Waals surface area contributed by atoms with Crippen molar-refractivity contribution in [1.82, 2.24) is 0 Å². The summed E-state index contributed by atoms with van der Waals surface area (Å²) in [6.07, 6.45) is 18.8. The molecule has 1 aliphatic heterocycles. The molecule has 1 heterocycles. The van der Waals surface area contributed by atoms with E-state index in [1.54, 1.807) is 0 Å². The van der Waals surface area contributed by atoms with Crippen molar-refractivity contribution >= 4 is 5.97 Å². The molecule has 0 spiro atoms. The van der Waals surface area contributed by atoms with Gasteiger partial charge in [-0.05, 0) is 32.1 Å². The minimum Gasteiger partial charge on any atom is -0.481 e. The molecule has 4 unspecified atom stereocenters. The Labute approximate surface area is 197 Å². The van der Waals surface area contributed by atoms with Gasteiger partial charge in [-0.25, -0.2) is 0 Å². The van der Waals surface area contributed by atoms with E-state index in [2.05, 4.69) is 13.8 Å². The van der Waals surface area contributed by atoms with Crippen LogP contribution in [0, 0.1) is 5.92 Å². The molecule has 1 rings (SSSR count). The molecule has 32 heavy (non-hydrogen) atoms. The average Bonchev–Trinajstić information content (AvgIpc) is 2.78. The topological polar surface area (TPSA) is 76.0 Å². The van der Waals surface area contributed by atoms with Gasteiger partial charge in [-0.1, -0.05) is 97.3 Å². The van der Waals surface area contributed by atoms with Crippen LogP contribution in [-0.4, -0.2) is 41.3 Å². The van der Waals surface area contributed by atoms with Gasteiger partial charge in [-0.3, -0.25) is 4.79 Å². The third kappa shape index (κ3) is 14.5. The highest BCUT2D eigenvalue weighted by Crippen LogP contribution is 2.27. The summed E-state index contributed by atoms with van der Waals surface area (Å²) in [6, 6.07) is 0. The molecule has 0 aromatic rings. The lowest BCUT2D eigenvalue weighted by Gasteiger charge is -2.32. The molecule has 0 bridgehead atoms. The van der Waals surface area contributed by atoms with Gasteiger partial charge >= 0.3 is 5.97 Å². The molecule has 1 saturated heterocycles. The molecule has 1 fully saturated rings. The Morgan fingerprint density at radius 3 is 2.00 bits per heavy atom. The van der Waals surface area contributed by atoms with Crippen molar-refractivity contribution in [3.05, 3.63) is 0 Å². The van der Waals surface area contributed by atoms with Crippen LogP contribution in [0.1, 0.15) is 136 Å². The van der Waals surface area contributed by atoms with Crippen LogP contribution in [0.2, 0.25) is 0 Å². The molecule has 5 heteroatoms. The number of unbranched alkanes of at least 4 members (excludes halogenated alkanes) is 11. The van der Waals surface area contributed by atoms with E-state index in [9.17, 15) is 15.0 Å². The van der Waals surface area contributed by atoms with Crippen LogP contribution in [0.4, 0.5) is 0 Å². The highest BCUT2D eigenvalue weighted by atomic mass is 16.7. The van der Waals surface area contributed by atoms with Gasteiger partial charge in [0.2, 0.25) is 0 Å². The van der Waals surface area contributed by atoms with Crippen molar-refractivity contribution < 1.29 is 24.5 Å². The van der Waals surface area contributed by atoms with Gasteiger partial charge in [0.15, 0.2) is 6.29 Å². The summed E-state index contributed by atoms with van der Waals surface area (Å²) < 4.78 is 11.9. The van der Waals surface area contributed by atoms with Gasteiger partial charge in [0.25, 0.3) is 0 Å². The predicted octanol–water partition coefficient (Wildman–Crippen LogP) is 7.24. The zero-order valence-corrected chi connectivity index (χ0v) is 21.1. The van der Waals surface area contributed by atoms with Gasteiger partial charge in [0, 0.05) is 13.0 Å². The third-order valence-electron chi connectivity index (χ3n) is 6.74. The highest BCUT2D eigenvalue weighted by molar-refractivity contribution is 5.70. The fourth-order valence-corrected chi connectivity index (χ4v) is 4.66. The molecular formula is C27H52O5. The monoisotopic (exact) mass is 456 g/mol. The number of ether oxygens (including phenoxy) is 2. The van der Waals surface area contributed by atoms with Gasteiger partial charge < -0.3 is 19.7 Å². The van der Waals surface area contributed by atoms with Crippen LogP contribution in [0.25, 0.3) is 0 Å². The summed E-state index contributed by atoms with van der Waals surface area (Å²) in [5.41, 5.74) is 0. The first-order chi connectivity index (χ1) is 15.6. The lowest BCUT2D eigenvalue weighted by Crippen LogP contribution is -2.38. The summed E-state index contributed by atoms with van der Waals surface area (Å²) >= 11 is 0. The average molecular weight is 457 g/mol. The van der Waals surface area contributed by atoms with Crippen molar-refractivity contribution in [3.8, 4) is 0 Å². The zero-order chi connectivity index (χ0) is 23.4. The van der Waals surface area contributed by atoms with Crippen molar-refractivity contribution in [2.24, 2.45) is 5.92 Å². The Balaban J connectivity index is 2.44. The summed E-state index contributed by atoms with van der Waals surface area (Å²) in [5, 5.41) is 20.6. The van der Waals surface area contributed by atoms with E-state index in [-0.39, 0.29) is 6.29 Å². The molecule has 5 nitrogen and oxygen atoms in total. The smallest absolute Gasteiger partial charge is 0.309 e. The van der Waals surface area contributed by atoms with Crippen molar-refractivity contribution in [1.29, 1.82) is 0 Å². The van der Waals surface area contributed by atoms with Gasteiger partial charge in [-0.2, -0.15) is 0 Å². The third-order valence-corrected chi connectivity index (χ3v) is 6.74. The first-order valence-corrected chi connectivity index (χ1v) is 13.8. The van der Waals surface area contributed by atoms with E-state index in [1.807, 2.05) is 0 Å². The number of hydrogen-bond donors (Lipinski definition) is 2. The quantitative estimate of drug-likeness (QED) is 0.178. The second kappa shape index (κ2) is 19.8. The van der Waals surface area contributed by atoms with E-state index < -0.39 is 24.1 Å². The molecule has 0 aromatic carbocycles. The first-order valence-electron chi connectivity index (χ1n) is 13.8. The second-order valence-corrected chi connectivity index (χ2v) is 9.77. The molecule has 4 atom stereocenters. The zero-order valence-electron chi connectivity index (χ0n) is 21.1. The molecule has 0 saturated carbocycles. The number of rotatable bonds is 21. The second-order valence-electron chi connectivity index (χ2n) is 9.77. The first kappa shape index (κ1) is 29.4. The SMILES string of the molecule is CCCCCCCCCCCC(O)CC(OC1CCCCO1)C(CCCCCC)C(=O)O. The Kier molecular flexibility index (Phi) is 18.2. The van der Waals surface area contributed by atoms with Gasteiger partial charge in [0.05, 0.1) is 18.1 Å². The molecule has 0 amide bonds. The lowest BCUT2D eigenvalue weighted by atomic mass is 9.90. The van der Waals surface area contributed by atoms with E-state index in [0.29, 0.717) is 19.4 Å². The Morgan fingerprint density at radius 1 is 0.875 bits per heavy atom. The Morgan fingerprint density at radius 2 is 1.44 bits per heavy atom. The Bertz CT molecular complexity index is 436. The summed E-state index contributed by atoms with van der Waals surface area (Å²) in [7, 11) is 0. The number of aliphatic hydroxyl groups excluding tert-OH is 1. The standard InChI is InChI=1S/C27H52O5/c1-3-5-7-9-10-11-12-13-14-18-23(28)22-25(32-26-20-16-17-21-31-26)24(27(29)30)19-15-8-6-4-2/h23-26,28H,3-22H2,1-2H3,(H,29,30). The molecule has 1 aliphatic rings. The van der Waals surface area contributed by atoms with E-state index in [1.165, 1.54) is 44.9 Å². The molecule has 0 radical (unpaired) electrons. The van der Waals surface area contributed by atoms with Gasteiger partial charge in [0.1, 0.15) is 0 Å². The number of hydrogen-bond acceptors (Lipinski definition) is 4. The maximum Gasteiger partial charge on any atom is 0.309 e. The maximum atomic E-state index is 12.1. The van der Waals surface area contributed by atoms with Crippen LogP contribution in [0.3, 0.4) is 0 Å². The number of carboxylic acid groups (broad SMARTS) is 1. The Hall–Kier alpha value is -0.650. The van der Waals surface area contributed by atoms with E-state index >= 15 is 0 Å². The molecular weight excluding hydrogens is 404 g/mol. The van der Waals surface area contributed by atoms with Crippen molar-refractivity contribution in [3.63, 3.8) is 0 Å². The van der Waals surface area contributed by atoms with Crippen LogP contribution in [-0.2, 0) is 14.3 Å². The fourth-order valence-electron chi connectivity index (χ4n) is 4.66. The predicted molar refractivity (Wildman–Crippen MR) is 131 cm³/mol. The van der Waals surface area contributed by atoms with Gasteiger partial charge in [-0.15, -0.1) is 0 Å². The van der Waals surface area contributed by atoms with Crippen LogP contribution in [0.15, 0.2) is 0 Å².